The largest absolute Gasteiger partial charge is 0.469 e. The Kier molecular flexibility index (Phi) is 6.80. The summed E-state index contributed by atoms with van der Waals surface area (Å²) in [6, 6.07) is 0. The van der Waals surface area contributed by atoms with Crippen molar-refractivity contribution in [1.29, 1.82) is 0 Å². The topological polar surface area (TPSA) is 61.8 Å². The minimum atomic E-state index is -0.595. The fourth-order valence-electron chi connectivity index (χ4n) is 1.48. The van der Waals surface area contributed by atoms with Gasteiger partial charge in [-0.05, 0) is 20.8 Å². The number of methoxy groups -OCH3 is 2. The van der Waals surface area contributed by atoms with Crippen molar-refractivity contribution in [2.24, 2.45) is 0 Å². The predicted octanol–water partition coefficient (Wildman–Crippen LogP) is 1.69. The lowest BCUT2D eigenvalue weighted by Gasteiger charge is -2.27. The van der Waals surface area contributed by atoms with Gasteiger partial charge in [0.05, 0.1) is 26.1 Å². The lowest BCUT2D eigenvalue weighted by molar-refractivity contribution is -0.161. The molecule has 0 amide bonds. The lowest BCUT2D eigenvalue weighted by atomic mass is 10.0. The normalized spacial score (nSPS) is 13.0. The van der Waals surface area contributed by atoms with Gasteiger partial charge in [-0.2, -0.15) is 0 Å². The number of rotatable bonds is 7. The van der Waals surface area contributed by atoms with E-state index in [4.69, 9.17) is 9.47 Å². The second kappa shape index (κ2) is 7.27. The van der Waals surface area contributed by atoms with E-state index >= 15 is 0 Å². The molecule has 0 aromatic heterocycles. The average molecular weight is 246 g/mol. The van der Waals surface area contributed by atoms with Crippen LogP contribution in [-0.4, -0.2) is 37.9 Å². The molecule has 0 N–H and O–H groups in total. The summed E-state index contributed by atoms with van der Waals surface area (Å²) < 4.78 is 14.8. The summed E-state index contributed by atoms with van der Waals surface area (Å²) in [6.07, 6.45) is 0.703. The van der Waals surface area contributed by atoms with Crippen LogP contribution in [-0.2, 0) is 23.8 Å². The SMILES string of the molecule is COC(=O)CCC(=O)OC(C)(C)CC(C)OC. The molecule has 5 nitrogen and oxygen atoms in total. The third-order valence-electron chi connectivity index (χ3n) is 2.33. The van der Waals surface area contributed by atoms with E-state index in [0.717, 1.165) is 0 Å². The van der Waals surface area contributed by atoms with Crippen molar-refractivity contribution in [1.82, 2.24) is 0 Å². The molecule has 0 aromatic carbocycles. The summed E-state index contributed by atoms with van der Waals surface area (Å²) in [4.78, 5) is 22.3. The highest BCUT2D eigenvalue weighted by molar-refractivity contribution is 5.77. The molecule has 0 fully saturated rings. The van der Waals surface area contributed by atoms with Gasteiger partial charge in [-0.15, -0.1) is 0 Å². The Balaban J connectivity index is 4.04. The Bertz CT molecular complexity index is 260. The Morgan fingerprint density at radius 2 is 1.65 bits per heavy atom. The van der Waals surface area contributed by atoms with E-state index in [2.05, 4.69) is 4.74 Å². The first-order chi connectivity index (χ1) is 7.80. The van der Waals surface area contributed by atoms with Crippen LogP contribution in [0.4, 0.5) is 0 Å². The summed E-state index contributed by atoms with van der Waals surface area (Å²) in [6.45, 7) is 5.54. The highest BCUT2D eigenvalue weighted by atomic mass is 16.6. The van der Waals surface area contributed by atoms with Gasteiger partial charge in [0.1, 0.15) is 5.60 Å². The first kappa shape index (κ1) is 15.9. The number of hydrogen-bond acceptors (Lipinski definition) is 5. The standard InChI is InChI=1S/C12H22O5/c1-9(15-4)8-12(2,3)17-11(14)7-6-10(13)16-5/h9H,6-8H2,1-5H3. The molecule has 0 saturated heterocycles. The molecule has 100 valence electrons. The van der Waals surface area contributed by atoms with Crippen LogP contribution in [0.5, 0.6) is 0 Å². The molecule has 0 aromatic rings. The zero-order valence-corrected chi connectivity index (χ0v) is 11.2. The molecule has 0 bridgehead atoms. The number of ether oxygens (including phenoxy) is 3. The van der Waals surface area contributed by atoms with Crippen molar-refractivity contribution < 1.29 is 23.8 Å². The fraction of sp³-hybridized carbons (Fsp3) is 0.833. The Hall–Kier alpha value is -1.10. The molecule has 0 aliphatic rings. The van der Waals surface area contributed by atoms with Crippen molar-refractivity contribution in [3.05, 3.63) is 0 Å². The van der Waals surface area contributed by atoms with E-state index in [1.165, 1.54) is 7.11 Å². The number of esters is 2. The van der Waals surface area contributed by atoms with Crippen molar-refractivity contribution in [3.8, 4) is 0 Å². The second-order valence-corrected chi connectivity index (χ2v) is 4.56. The molecular formula is C12H22O5. The van der Waals surface area contributed by atoms with E-state index in [9.17, 15) is 9.59 Å². The van der Waals surface area contributed by atoms with E-state index in [1.54, 1.807) is 7.11 Å². The number of hydrogen-bond donors (Lipinski definition) is 0. The molecule has 5 heteroatoms. The summed E-state index contributed by atoms with van der Waals surface area (Å²) >= 11 is 0. The van der Waals surface area contributed by atoms with Crippen LogP contribution in [0.1, 0.15) is 40.0 Å². The zero-order chi connectivity index (χ0) is 13.5. The molecule has 0 heterocycles. The quantitative estimate of drug-likeness (QED) is 0.640. The predicted molar refractivity (Wildman–Crippen MR) is 62.5 cm³/mol. The van der Waals surface area contributed by atoms with Gasteiger partial charge < -0.3 is 14.2 Å². The zero-order valence-electron chi connectivity index (χ0n) is 11.2. The maximum Gasteiger partial charge on any atom is 0.306 e. The van der Waals surface area contributed by atoms with Gasteiger partial charge in [-0.1, -0.05) is 0 Å². The van der Waals surface area contributed by atoms with E-state index < -0.39 is 17.5 Å². The van der Waals surface area contributed by atoms with Gasteiger partial charge in [-0.25, -0.2) is 0 Å². The molecule has 1 unspecified atom stereocenters. The molecule has 0 rings (SSSR count). The Labute approximate surface area is 102 Å². The number of carbonyl (C=O) groups excluding carboxylic acids is 2. The van der Waals surface area contributed by atoms with Crippen LogP contribution in [0.25, 0.3) is 0 Å². The van der Waals surface area contributed by atoms with E-state index in [1.807, 2.05) is 20.8 Å². The van der Waals surface area contributed by atoms with Gasteiger partial charge >= 0.3 is 11.9 Å². The third kappa shape index (κ3) is 7.74. The first-order valence-electron chi connectivity index (χ1n) is 5.62. The van der Waals surface area contributed by atoms with Crippen molar-refractivity contribution >= 4 is 11.9 Å². The Morgan fingerprint density at radius 1 is 1.12 bits per heavy atom. The highest BCUT2D eigenvalue weighted by Gasteiger charge is 2.25. The molecule has 1 atom stereocenters. The summed E-state index contributed by atoms with van der Waals surface area (Å²) in [5.74, 6) is -0.811. The van der Waals surface area contributed by atoms with Crippen LogP contribution in [0.2, 0.25) is 0 Å². The Morgan fingerprint density at radius 3 is 2.12 bits per heavy atom. The van der Waals surface area contributed by atoms with Gasteiger partial charge in [0, 0.05) is 13.5 Å². The maximum atomic E-state index is 11.5. The van der Waals surface area contributed by atoms with Crippen LogP contribution < -0.4 is 0 Å². The lowest BCUT2D eigenvalue weighted by Crippen LogP contribution is -2.32. The molecule has 0 spiro atoms. The summed E-state index contributed by atoms with van der Waals surface area (Å²) in [5.41, 5.74) is -0.595. The molecule has 0 radical (unpaired) electrons. The smallest absolute Gasteiger partial charge is 0.306 e. The van der Waals surface area contributed by atoms with Crippen LogP contribution in [0.3, 0.4) is 0 Å². The fourth-order valence-corrected chi connectivity index (χ4v) is 1.48. The molecular weight excluding hydrogens is 224 g/mol. The van der Waals surface area contributed by atoms with Crippen molar-refractivity contribution in [2.45, 2.75) is 51.7 Å². The van der Waals surface area contributed by atoms with Crippen LogP contribution in [0, 0.1) is 0 Å². The van der Waals surface area contributed by atoms with Gasteiger partial charge in [0.2, 0.25) is 0 Å². The minimum absolute atomic E-state index is 0.0124. The number of carbonyl (C=O) groups is 2. The molecule has 0 aliphatic carbocycles. The maximum absolute atomic E-state index is 11.5. The first-order valence-corrected chi connectivity index (χ1v) is 5.62. The van der Waals surface area contributed by atoms with Crippen LogP contribution in [0.15, 0.2) is 0 Å². The second-order valence-electron chi connectivity index (χ2n) is 4.56. The van der Waals surface area contributed by atoms with Crippen molar-refractivity contribution in [2.75, 3.05) is 14.2 Å². The third-order valence-corrected chi connectivity index (χ3v) is 2.33. The monoisotopic (exact) mass is 246 g/mol. The van der Waals surface area contributed by atoms with E-state index in [-0.39, 0.29) is 18.9 Å². The molecule has 17 heavy (non-hydrogen) atoms. The van der Waals surface area contributed by atoms with Gasteiger partial charge in [-0.3, -0.25) is 9.59 Å². The van der Waals surface area contributed by atoms with Gasteiger partial charge in [0.15, 0.2) is 0 Å². The minimum Gasteiger partial charge on any atom is -0.469 e. The average Bonchev–Trinajstić information content (AvgIpc) is 2.24. The summed E-state index contributed by atoms with van der Waals surface area (Å²) in [5, 5.41) is 0. The van der Waals surface area contributed by atoms with Crippen molar-refractivity contribution in [3.63, 3.8) is 0 Å². The molecule has 0 saturated carbocycles. The highest BCUT2D eigenvalue weighted by Crippen LogP contribution is 2.19. The van der Waals surface area contributed by atoms with Crippen LogP contribution >= 0.6 is 0 Å². The van der Waals surface area contributed by atoms with Gasteiger partial charge in [0.25, 0.3) is 0 Å². The summed E-state index contributed by atoms with van der Waals surface area (Å²) in [7, 11) is 2.90. The van der Waals surface area contributed by atoms with E-state index in [0.29, 0.717) is 6.42 Å². The molecule has 0 aliphatic heterocycles.